The van der Waals surface area contributed by atoms with Gasteiger partial charge < -0.3 is 0 Å². The van der Waals surface area contributed by atoms with E-state index in [0.717, 1.165) is 5.92 Å². The predicted octanol–water partition coefficient (Wildman–Crippen LogP) is 5.82. The van der Waals surface area contributed by atoms with E-state index in [-0.39, 0.29) is 0 Å². The molecule has 0 spiro atoms. The van der Waals surface area contributed by atoms with Crippen LogP contribution in [0.3, 0.4) is 0 Å². The molecule has 0 nitrogen and oxygen atoms in total. The van der Waals surface area contributed by atoms with E-state index in [1.165, 1.54) is 35.1 Å². The van der Waals surface area contributed by atoms with Crippen molar-refractivity contribution >= 4 is 32.1 Å². The van der Waals surface area contributed by atoms with Crippen molar-refractivity contribution in [1.82, 2.24) is 0 Å². The molecular weight excluding hydrogens is 232 g/mol. The van der Waals surface area contributed by atoms with Crippen LogP contribution in [0.25, 0.3) is 9.40 Å². The Morgan fingerprint density at radius 2 is 1.81 bits per heavy atom. The van der Waals surface area contributed by atoms with Crippen molar-refractivity contribution in [2.45, 2.75) is 52.4 Å². The predicted molar refractivity (Wildman–Crippen MR) is 77.0 cm³/mol. The van der Waals surface area contributed by atoms with E-state index in [2.05, 4.69) is 32.9 Å². The number of hydrogen-bond donors (Lipinski definition) is 0. The highest BCUT2D eigenvalue weighted by Crippen LogP contribution is 2.37. The Kier molecular flexibility index (Phi) is 4.04. The van der Waals surface area contributed by atoms with Crippen molar-refractivity contribution in [3.8, 4) is 0 Å². The van der Waals surface area contributed by atoms with Gasteiger partial charge in [0.1, 0.15) is 0 Å². The number of aryl methyl sites for hydroxylation is 1. The van der Waals surface area contributed by atoms with Crippen LogP contribution in [-0.4, -0.2) is 0 Å². The van der Waals surface area contributed by atoms with Gasteiger partial charge in [-0.1, -0.05) is 33.6 Å². The fraction of sp³-hybridized carbons (Fsp3) is 0.571. The van der Waals surface area contributed by atoms with Gasteiger partial charge in [0.05, 0.1) is 0 Å². The highest BCUT2D eigenvalue weighted by molar-refractivity contribution is 7.27. The first kappa shape index (κ1) is 12.1. The van der Waals surface area contributed by atoms with Crippen molar-refractivity contribution in [1.29, 1.82) is 0 Å². The smallest absolute Gasteiger partial charge is 0.0456 e. The summed E-state index contributed by atoms with van der Waals surface area (Å²) in [6, 6.07) is 4.82. The SMILES string of the molecule is CCCc1cc2sc(C(C)CCC)cc2s1. The van der Waals surface area contributed by atoms with Crippen molar-refractivity contribution in [2.24, 2.45) is 0 Å². The lowest BCUT2D eigenvalue weighted by Gasteiger charge is -2.05. The van der Waals surface area contributed by atoms with Gasteiger partial charge in [-0.25, -0.2) is 0 Å². The molecule has 0 fully saturated rings. The Bertz CT molecular complexity index is 419. The van der Waals surface area contributed by atoms with Crippen molar-refractivity contribution in [3.05, 3.63) is 21.9 Å². The van der Waals surface area contributed by atoms with Gasteiger partial charge in [-0.3, -0.25) is 0 Å². The number of hydrogen-bond acceptors (Lipinski definition) is 2. The molecule has 0 amide bonds. The summed E-state index contributed by atoms with van der Waals surface area (Å²) < 4.78 is 3.01. The molecule has 2 aromatic rings. The Labute approximate surface area is 106 Å². The fourth-order valence-corrected chi connectivity index (χ4v) is 4.71. The Morgan fingerprint density at radius 1 is 1.06 bits per heavy atom. The second-order valence-corrected chi connectivity index (χ2v) is 6.81. The van der Waals surface area contributed by atoms with E-state index in [0.29, 0.717) is 0 Å². The number of fused-ring (bicyclic) bond motifs is 1. The van der Waals surface area contributed by atoms with Crippen LogP contribution >= 0.6 is 22.7 Å². The van der Waals surface area contributed by atoms with E-state index in [1.54, 1.807) is 9.75 Å². The lowest BCUT2D eigenvalue weighted by atomic mass is 10.1. The van der Waals surface area contributed by atoms with Gasteiger partial charge in [0.15, 0.2) is 0 Å². The minimum atomic E-state index is 0.740. The van der Waals surface area contributed by atoms with Crippen LogP contribution in [0.5, 0.6) is 0 Å². The molecule has 0 aliphatic heterocycles. The topological polar surface area (TPSA) is 0 Å². The molecule has 0 saturated heterocycles. The largest absolute Gasteiger partial charge is 0.139 e. The summed E-state index contributed by atoms with van der Waals surface area (Å²) in [7, 11) is 0. The Morgan fingerprint density at radius 3 is 2.44 bits per heavy atom. The first-order valence-electron chi connectivity index (χ1n) is 6.26. The van der Waals surface area contributed by atoms with Gasteiger partial charge >= 0.3 is 0 Å². The normalized spacial score (nSPS) is 13.4. The van der Waals surface area contributed by atoms with Gasteiger partial charge in [0.2, 0.25) is 0 Å². The summed E-state index contributed by atoms with van der Waals surface area (Å²) in [5.41, 5.74) is 0. The highest BCUT2D eigenvalue weighted by atomic mass is 32.1. The van der Waals surface area contributed by atoms with Crippen LogP contribution in [0.4, 0.5) is 0 Å². The van der Waals surface area contributed by atoms with Crippen LogP contribution in [0.2, 0.25) is 0 Å². The van der Waals surface area contributed by atoms with Gasteiger partial charge in [-0.05, 0) is 30.9 Å². The maximum atomic E-state index is 2.42. The van der Waals surface area contributed by atoms with Crippen molar-refractivity contribution in [3.63, 3.8) is 0 Å². The highest BCUT2D eigenvalue weighted by Gasteiger charge is 2.11. The maximum Gasteiger partial charge on any atom is 0.0456 e. The molecule has 88 valence electrons. The molecule has 0 aliphatic rings. The zero-order valence-electron chi connectivity index (χ0n) is 10.4. The van der Waals surface area contributed by atoms with E-state index >= 15 is 0 Å². The van der Waals surface area contributed by atoms with Crippen LogP contribution in [-0.2, 0) is 6.42 Å². The van der Waals surface area contributed by atoms with Gasteiger partial charge in [0, 0.05) is 19.2 Å². The van der Waals surface area contributed by atoms with Crippen molar-refractivity contribution in [2.75, 3.05) is 0 Å². The van der Waals surface area contributed by atoms with Gasteiger partial charge in [0.25, 0.3) is 0 Å². The second kappa shape index (κ2) is 5.33. The molecule has 0 bridgehead atoms. The van der Waals surface area contributed by atoms with Gasteiger partial charge in [-0.2, -0.15) is 0 Å². The minimum absolute atomic E-state index is 0.740. The van der Waals surface area contributed by atoms with E-state index in [9.17, 15) is 0 Å². The third kappa shape index (κ3) is 2.49. The summed E-state index contributed by atoms with van der Waals surface area (Å²) >= 11 is 3.99. The first-order chi connectivity index (χ1) is 7.74. The zero-order chi connectivity index (χ0) is 11.5. The molecule has 2 heteroatoms. The Balaban J connectivity index is 2.21. The molecule has 0 aromatic carbocycles. The first-order valence-corrected chi connectivity index (χ1v) is 7.90. The molecular formula is C14H20S2. The monoisotopic (exact) mass is 252 g/mol. The standard InChI is InChI=1S/C14H20S2/c1-4-6-10(3)12-9-14-13(16-12)8-11(15-14)7-5-2/h8-10H,4-7H2,1-3H3. The number of thiophene rings is 2. The van der Waals surface area contributed by atoms with Gasteiger partial charge in [-0.15, -0.1) is 22.7 Å². The maximum absolute atomic E-state index is 2.42. The van der Waals surface area contributed by atoms with E-state index in [4.69, 9.17) is 0 Å². The Hall–Kier alpha value is -0.340. The van der Waals surface area contributed by atoms with E-state index in [1.807, 2.05) is 22.7 Å². The lowest BCUT2D eigenvalue weighted by Crippen LogP contribution is -1.87. The molecule has 1 unspecified atom stereocenters. The second-order valence-electron chi connectivity index (χ2n) is 4.53. The molecule has 0 radical (unpaired) electrons. The number of rotatable bonds is 5. The molecule has 1 atom stereocenters. The third-order valence-electron chi connectivity index (χ3n) is 2.98. The average Bonchev–Trinajstić information content (AvgIpc) is 2.76. The quantitative estimate of drug-likeness (QED) is 0.629. The van der Waals surface area contributed by atoms with Crippen LogP contribution < -0.4 is 0 Å². The lowest BCUT2D eigenvalue weighted by molar-refractivity contribution is 0.675. The van der Waals surface area contributed by atoms with Crippen LogP contribution in [0, 0.1) is 0 Å². The summed E-state index contributed by atoms with van der Waals surface area (Å²) in [6.07, 6.45) is 5.10. The molecule has 0 aliphatic carbocycles. The molecule has 2 rings (SSSR count). The molecule has 0 saturated carbocycles. The summed E-state index contributed by atoms with van der Waals surface area (Å²) in [5, 5.41) is 0. The molecule has 16 heavy (non-hydrogen) atoms. The average molecular weight is 252 g/mol. The van der Waals surface area contributed by atoms with Crippen LogP contribution in [0.1, 0.15) is 55.7 Å². The van der Waals surface area contributed by atoms with E-state index < -0.39 is 0 Å². The molecule has 0 N–H and O–H groups in total. The summed E-state index contributed by atoms with van der Waals surface area (Å²) in [4.78, 5) is 3.13. The fourth-order valence-electron chi connectivity index (χ4n) is 2.09. The third-order valence-corrected chi connectivity index (χ3v) is 5.57. The zero-order valence-corrected chi connectivity index (χ0v) is 12.0. The summed E-state index contributed by atoms with van der Waals surface area (Å²) in [6.45, 7) is 6.88. The molecule has 2 heterocycles. The molecule has 2 aromatic heterocycles. The summed E-state index contributed by atoms with van der Waals surface area (Å²) in [5.74, 6) is 0.740. The minimum Gasteiger partial charge on any atom is -0.139 e. The van der Waals surface area contributed by atoms with Crippen LogP contribution in [0.15, 0.2) is 12.1 Å². The van der Waals surface area contributed by atoms with Crippen molar-refractivity contribution < 1.29 is 0 Å².